The second kappa shape index (κ2) is 6.91. The van der Waals surface area contributed by atoms with Crippen LogP contribution < -0.4 is 10.6 Å². The number of hydrogen-bond acceptors (Lipinski definition) is 5. The molecule has 1 unspecified atom stereocenters. The number of carbonyl (C=O) groups is 1. The molecule has 1 aliphatic rings. The molecule has 2 N–H and O–H groups in total. The Morgan fingerprint density at radius 1 is 1.42 bits per heavy atom. The Morgan fingerprint density at radius 2 is 2.16 bits per heavy atom. The zero-order chi connectivity index (χ0) is 13.7. The summed E-state index contributed by atoms with van der Waals surface area (Å²) in [6.07, 6.45) is 4.45. The number of nitrogens with two attached hydrogens (primary N) is 1. The standard InChI is InChI=1S/C14H22N2O2S/c1-2-18-14(17)12(15)10-11-6-7-13(19-11)16-8-4-3-5-9-16/h6-7,12H,2-5,8-10,15H2,1H3. The third-order valence-corrected chi connectivity index (χ3v) is 4.49. The second-order valence-electron chi connectivity index (χ2n) is 4.85. The van der Waals surface area contributed by atoms with Crippen molar-refractivity contribution in [3.63, 3.8) is 0 Å². The van der Waals surface area contributed by atoms with E-state index in [-0.39, 0.29) is 5.97 Å². The lowest BCUT2D eigenvalue weighted by molar-refractivity contribution is -0.144. The lowest BCUT2D eigenvalue weighted by Crippen LogP contribution is -2.34. The summed E-state index contributed by atoms with van der Waals surface area (Å²) in [6, 6.07) is 3.67. The maximum Gasteiger partial charge on any atom is 0.323 e. The van der Waals surface area contributed by atoms with Gasteiger partial charge in [-0.25, -0.2) is 0 Å². The summed E-state index contributed by atoms with van der Waals surface area (Å²) >= 11 is 1.74. The lowest BCUT2D eigenvalue weighted by atomic mass is 10.1. The number of piperidine rings is 1. The first-order chi connectivity index (χ1) is 9.20. The van der Waals surface area contributed by atoms with Crippen molar-refractivity contribution >= 4 is 22.3 Å². The van der Waals surface area contributed by atoms with E-state index in [1.807, 2.05) is 0 Å². The van der Waals surface area contributed by atoms with E-state index in [4.69, 9.17) is 10.5 Å². The molecule has 0 spiro atoms. The third-order valence-electron chi connectivity index (χ3n) is 3.33. The van der Waals surface area contributed by atoms with Gasteiger partial charge in [-0.15, -0.1) is 11.3 Å². The minimum Gasteiger partial charge on any atom is -0.465 e. The van der Waals surface area contributed by atoms with Gasteiger partial charge in [-0.2, -0.15) is 0 Å². The van der Waals surface area contributed by atoms with E-state index in [0.717, 1.165) is 18.0 Å². The molecule has 1 aromatic rings. The van der Waals surface area contributed by atoms with Crippen LogP contribution in [0, 0.1) is 0 Å². The predicted molar refractivity (Wildman–Crippen MR) is 78.7 cm³/mol. The number of nitrogens with zero attached hydrogens (tertiary/aromatic N) is 1. The first-order valence-electron chi connectivity index (χ1n) is 6.96. The van der Waals surface area contributed by atoms with E-state index >= 15 is 0 Å². The molecule has 1 aliphatic heterocycles. The van der Waals surface area contributed by atoms with Gasteiger partial charge < -0.3 is 15.4 Å². The topological polar surface area (TPSA) is 55.6 Å². The normalized spacial score (nSPS) is 17.3. The van der Waals surface area contributed by atoms with Gasteiger partial charge in [-0.05, 0) is 38.3 Å². The maximum atomic E-state index is 11.5. The van der Waals surface area contributed by atoms with Gasteiger partial charge in [0.15, 0.2) is 0 Å². The summed E-state index contributed by atoms with van der Waals surface area (Å²) in [7, 11) is 0. The molecule has 0 aliphatic carbocycles. The van der Waals surface area contributed by atoms with Crippen molar-refractivity contribution in [3.8, 4) is 0 Å². The molecule has 19 heavy (non-hydrogen) atoms. The molecule has 2 rings (SSSR count). The molecule has 4 nitrogen and oxygen atoms in total. The monoisotopic (exact) mass is 282 g/mol. The number of carbonyl (C=O) groups excluding carboxylic acids is 1. The van der Waals surface area contributed by atoms with Crippen LogP contribution in [0.25, 0.3) is 0 Å². The van der Waals surface area contributed by atoms with Crippen molar-refractivity contribution in [2.45, 2.75) is 38.6 Å². The van der Waals surface area contributed by atoms with Gasteiger partial charge in [0, 0.05) is 24.4 Å². The number of esters is 1. The predicted octanol–water partition coefficient (Wildman–Crippen LogP) is 2.17. The Labute approximate surface area is 118 Å². The highest BCUT2D eigenvalue weighted by Gasteiger charge is 2.18. The largest absolute Gasteiger partial charge is 0.465 e. The summed E-state index contributed by atoms with van der Waals surface area (Å²) in [5.41, 5.74) is 5.84. The van der Waals surface area contributed by atoms with Crippen LogP contribution in [0.2, 0.25) is 0 Å². The van der Waals surface area contributed by atoms with Gasteiger partial charge in [0.1, 0.15) is 6.04 Å². The van der Waals surface area contributed by atoms with Gasteiger partial charge in [-0.1, -0.05) is 0 Å². The number of hydrogen-bond donors (Lipinski definition) is 1. The quantitative estimate of drug-likeness (QED) is 0.841. The van der Waals surface area contributed by atoms with Crippen LogP contribution in [-0.2, 0) is 16.0 Å². The highest BCUT2D eigenvalue weighted by atomic mass is 32.1. The molecule has 0 amide bonds. The van der Waals surface area contributed by atoms with E-state index in [1.54, 1.807) is 18.3 Å². The van der Waals surface area contributed by atoms with E-state index in [9.17, 15) is 4.79 Å². The average molecular weight is 282 g/mol. The van der Waals surface area contributed by atoms with Crippen LogP contribution in [0.1, 0.15) is 31.1 Å². The minimum atomic E-state index is -0.548. The van der Waals surface area contributed by atoms with Crippen molar-refractivity contribution in [3.05, 3.63) is 17.0 Å². The average Bonchev–Trinajstić information content (AvgIpc) is 2.88. The van der Waals surface area contributed by atoms with Crippen molar-refractivity contribution in [1.29, 1.82) is 0 Å². The Balaban J connectivity index is 1.91. The molecule has 0 radical (unpaired) electrons. The Morgan fingerprint density at radius 3 is 2.84 bits per heavy atom. The van der Waals surface area contributed by atoms with E-state index in [0.29, 0.717) is 13.0 Å². The lowest BCUT2D eigenvalue weighted by Gasteiger charge is -2.27. The van der Waals surface area contributed by atoms with Gasteiger partial charge in [-0.3, -0.25) is 4.79 Å². The fourth-order valence-corrected chi connectivity index (χ4v) is 3.43. The molecule has 0 bridgehead atoms. The Bertz CT molecular complexity index is 413. The number of rotatable bonds is 5. The van der Waals surface area contributed by atoms with Crippen LogP contribution in [0.4, 0.5) is 5.00 Å². The second-order valence-corrected chi connectivity index (χ2v) is 6.00. The summed E-state index contributed by atoms with van der Waals surface area (Å²) in [5, 5.41) is 1.30. The van der Waals surface area contributed by atoms with Crippen LogP contribution >= 0.6 is 11.3 Å². The van der Waals surface area contributed by atoms with E-state index in [2.05, 4.69) is 17.0 Å². The first-order valence-corrected chi connectivity index (χ1v) is 7.78. The van der Waals surface area contributed by atoms with Crippen molar-refractivity contribution in [1.82, 2.24) is 0 Å². The fourth-order valence-electron chi connectivity index (χ4n) is 2.31. The fraction of sp³-hybridized carbons (Fsp3) is 0.643. The van der Waals surface area contributed by atoms with Gasteiger partial charge in [0.2, 0.25) is 0 Å². The maximum absolute atomic E-state index is 11.5. The van der Waals surface area contributed by atoms with Crippen molar-refractivity contribution < 1.29 is 9.53 Å². The summed E-state index contributed by atoms with van der Waals surface area (Å²) < 4.78 is 4.93. The zero-order valence-corrected chi connectivity index (χ0v) is 12.2. The molecule has 0 saturated carbocycles. The number of ether oxygens (including phenoxy) is 1. The summed E-state index contributed by atoms with van der Waals surface area (Å²) in [5.74, 6) is -0.310. The molecule has 2 heterocycles. The highest BCUT2D eigenvalue weighted by molar-refractivity contribution is 7.16. The van der Waals surface area contributed by atoms with Gasteiger partial charge >= 0.3 is 5.97 Å². The molecular formula is C14H22N2O2S. The van der Waals surface area contributed by atoms with Gasteiger partial charge in [0.25, 0.3) is 0 Å². The summed E-state index contributed by atoms with van der Waals surface area (Å²) in [4.78, 5) is 15.1. The number of anilines is 1. The molecule has 106 valence electrons. The molecule has 1 atom stereocenters. The van der Waals surface area contributed by atoms with Crippen molar-refractivity contribution in [2.24, 2.45) is 5.73 Å². The molecule has 1 saturated heterocycles. The highest BCUT2D eigenvalue weighted by Crippen LogP contribution is 2.29. The SMILES string of the molecule is CCOC(=O)C(N)Cc1ccc(N2CCCCC2)s1. The Hall–Kier alpha value is -1.07. The van der Waals surface area contributed by atoms with Crippen molar-refractivity contribution in [2.75, 3.05) is 24.6 Å². The molecule has 5 heteroatoms. The van der Waals surface area contributed by atoms with Gasteiger partial charge in [0.05, 0.1) is 11.6 Å². The minimum absolute atomic E-state index is 0.310. The van der Waals surface area contributed by atoms with Crippen LogP contribution in [0.3, 0.4) is 0 Å². The van der Waals surface area contributed by atoms with Crippen LogP contribution in [0.15, 0.2) is 12.1 Å². The van der Waals surface area contributed by atoms with Crippen LogP contribution in [-0.4, -0.2) is 31.7 Å². The third kappa shape index (κ3) is 3.94. The molecule has 1 fully saturated rings. The Kier molecular flexibility index (Phi) is 5.22. The smallest absolute Gasteiger partial charge is 0.323 e. The molecular weight excluding hydrogens is 260 g/mol. The summed E-state index contributed by atoms with van der Waals surface area (Å²) in [6.45, 7) is 4.47. The molecule has 0 aromatic carbocycles. The number of thiophene rings is 1. The van der Waals surface area contributed by atoms with Crippen LogP contribution in [0.5, 0.6) is 0 Å². The molecule has 1 aromatic heterocycles. The van der Waals surface area contributed by atoms with E-state index < -0.39 is 6.04 Å². The van der Waals surface area contributed by atoms with E-state index in [1.165, 1.54) is 24.3 Å². The first kappa shape index (κ1) is 14.3. The zero-order valence-electron chi connectivity index (χ0n) is 11.4.